The van der Waals surface area contributed by atoms with Crippen molar-refractivity contribution < 1.29 is 4.79 Å². The van der Waals surface area contributed by atoms with E-state index in [1.165, 1.54) is 12.8 Å². The van der Waals surface area contributed by atoms with Crippen LogP contribution in [0.25, 0.3) is 0 Å². The second-order valence-corrected chi connectivity index (χ2v) is 5.31. The van der Waals surface area contributed by atoms with E-state index in [-0.39, 0.29) is 23.9 Å². The van der Waals surface area contributed by atoms with Crippen molar-refractivity contribution in [2.75, 3.05) is 0 Å². The first-order valence-corrected chi connectivity index (χ1v) is 7.25. The van der Waals surface area contributed by atoms with E-state index in [1.54, 1.807) is 0 Å². The molecule has 0 aromatic rings. The maximum atomic E-state index is 12.1. The molecular formula is C14H28N2O. The van der Waals surface area contributed by atoms with Gasteiger partial charge in [-0.2, -0.15) is 0 Å². The molecule has 0 saturated heterocycles. The lowest BCUT2D eigenvalue weighted by Crippen LogP contribution is -2.50. The molecule has 3 N–H and O–H groups in total. The zero-order valence-electron chi connectivity index (χ0n) is 11.4. The minimum absolute atomic E-state index is 0.163. The third-order valence-electron chi connectivity index (χ3n) is 3.92. The summed E-state index contributed by atoms with van der Waals surface area (Å²) in [6.45, 7) is 4.27. The standard InChI is InChI=1S/C14H28N2O/c1-3-5-8-11(4-2)14(17)16-13-10-7-6-9-12(13)15/h11-13H,3-10,15H2,1-2H3,(H,16,17)/t11?,12-,13-/m1/s1. The number of nitrogens with one attached hydrogen (secondary N) is 1. The summed E-state index contributed by atoms with van der Waals surface area (Å²) in [5.41, 5.74) is 6.05. The van der Waals surface area contributed by atoms with Crippen LogP contribution in [-0.2, 0) is 4.79 Å². The highest BCUT2D eigenvalue weighted by molar-refractivity contribution is 5.78. The van der Waals surface area contributed by atoms with Gasteiger partial charge in [-0.25, -0.2) is 0 Å². The lowest BCUT2D eigenvalue weighted by molar-refractivity contribution is -0.126. The fourth-order valence-electron chi connectivity index (χ4n) is 2.61. The molecule has 1 aliphatic rings. The molecule has 3 nitrogen and oxygen atoms in total. The van der Waals surface area contributed by atoms with Crippen molar-refractivity contribution in [3.8, 4) is 0 Å². The van der Waals surface area contributed by atoms with Crippen molar-refractivity contribution in [2.24, 2.45) is 11.7 Å². The quantitative estimate of drug-likeness (QED) is 0.750. The van der Waals surface area contributed by atoms with Crippen LogP contribution in [0.3, 0.4) is 0 Å². The predicted octanol–water partition coefficient (Wildman–Crippen LogP) is 2.59. The summed E-state index contributed by atoms with van der Waals surface area (Å²) >= 11 is 0. The highest BCUT2D eigenvalue weighted by atomic mass is 16.1. The zero-order chi connectivity index (χ0) is 12.7. The van der Waals surface area contributed by atoms with Crippen LogP contribution in [0.5, 0.6) is 0 Å². The van der Waals surface area contributed by atoms with Gasteiger partial charge >= 0.3 is 0 Å². The number of nitrogens with two attached hydrogens (primary N) is 1. The topological polar surface area (TPSA) is 55.1 Å². The number of hydrogen-bond donors (Lipinski definition) is 2. The molecule has 0 radical (unpaired) electrons. The molecule has 17 heavy (non-hydrogen) atoms. The van der Waals surface area contributed by atoms with E-state index in [0.717, 1.165) is 38.5 Å². The Morgan fingerprint density at radius 3 is 2.65 bits per heavy atom. The van der Waals surface area contributed by atoms with Gasteiger partial charge in [-0.3, -0.25) is 4.79 Å². The SMILES string of the molecule is CCCCC(CC)C(=O)N[C@@H]1CCCC[C@H]1N. The molecule has 0 aromatic heterocycles. The van der Waals surface area contributed by atoms with Gasteiger partial charge in [0.15, 0.2) is 0 Å². The van der Waals surface area contributed by atoms with E-state index in [4.69, 9.17) is 5.73 Å². The van der Waals surface area contributed by atoms with Crippen molar-refractivity contribution in [2.45, 2.75) is 77.3 Å². The summed E-state index contributed by atoms with van der Waals surface area (Å²) in [5, 5.41) is 3.16. The van der Waals surface area contributed by atoms with Crippen LogP contribution in [0, 0.1) is 5.92 Å². The summed E-state index contributed by atoms with van der Waals surface area (Å²) in [6, 6.07) is 0.378. The maximum absolute atomic E-state index is 12.1. The molecule has 100 valence electrons. The molecule has 1 amide bonds. The molecule has 1 fully saturated rings. The van der Waals surface area contributed by atoms with Gasteiger partial charge in [0.1, 0.15) is 0 Å². The van der Waals surface area contributed by atoms with E-state index in [9.17, 15) is 4.79 Å². The van der Waals surface area contributed by atoms with Crippen LogP contribution in [0.15, 0.2) is 0 Å². The van der Waals surface area contributed by atoms with Crippen molar-refractivity contribution >= 4 is 5.91 Å². The van der Waals surface area contributed by atoms with Gasteiger partial charge in [-0.1, -0.05) is 39.5 Å². The summed E-state index contributed by atoms with van der Waals surface area (Å²) in [5.74, 6) is 0.410. The van der Waals surface area contributed by atoms with Crippen molar-refractivity contribution in [3.05, 3.63) is 0 Å². The maximum Gasteiger partial charge on any atom is 0.223 e. The highest BCUT2D eigenvalue weighted by Gasteiger charge is 2.25. The largest absolute Gasteiger partial charge is 0.352 e. The van der Waals surface area contributed by atoms with Crippen LogP contribution < -0.4 is 11.1 Å². The van der Waals surface area contributed by atoms with E-state index >= 15 is 0 Å². The van der Waals surface area contributed by atoms with Gasteiger partial charge in [0, 0.05) is 18.0 Å². The normalized spacial score (nSPS) is 26.5. The first-order valence-electron chi connectivity index (χ1n) is 7.25. The highest BCUT2D eigenvalue weighted by Crippen LogP contribution is 2.19. The molecule has 0 aromatic carbocycles. The Balaban J connectivity index is 2.39. The van der Waals surface area contributed by atoms with Gasteiger partial charge < -0.3 is 11.1 Å². The molecule has 3 heteroatoms. The van der Waals surface area contributed by atoms with E-state index < -0.39 is 0 Å². The Bertz CT molecular complexity index is 230. The van der Waals surface area contributed by atoms with Gasteiger partial charge in [0.2, 0.25) is 5.91 Å². The number of carbonyl (C=O) groups is 1. The second-order valence-electron chi connectivity index (χ2n) is 5.31. The molecule has 0 bridgehead atoms. The number of carbonyl (C=O) groups excluding carboxylic acids is 1. The van der Waals surface area contributed by atoms with Crippen molar-refractivity contribution in [1.29, 1.82) is 0 Å². The molecular weight excluding hydrogens is 212 g/mol. The third kappa shape index (κ3) is 4.66. The Kier molecular flexibility index (Phi) is 6.56. The summed E-state index contributed by atoms with van der Waals surface area (Å²) in [4.78, 5) is 12.1. The number of hydrogen-bond acceptors (Lipinski definition) is 2. The van der Waals surface area contributed by atoms with Gasteiger partial charge in [-0.05, 0) is 25.7 Å². The summed E-state index contributed by atoms with van der Waals surface area (Å²) in [6.07, 6.45) is 8.77. The van der Waals surface area contributed by atoms with Crippen LogP contribution >= 0.6 is 0 Å². The first kappa shape index (κ1) is 14.5. The molecule has 0 aliphatic heterocycles. The predicted molar refractivity (Wildman–Crippen MR) is 71.7 cm³/mol. The fourth-order valence-corrected chi connectivity index (χ4v) is 2.61. The number of amides is 1. The van der Waals surface area contributed by atoms with Crippen LogP contribution in [0.2, 0.25) is 0 Å². The van der Waals surface area contributed by atoms with Gasteiger partial charge in [0.25, 0.3) is 0 Å². The minimum atomic E-state index is 0.163. The van der Waals surface area contributed by atoms with Crippen LogP contribution in [0.1, 0.15) is 65.2 Å². The molecule has 3 atom stereocenters. The van der Waals surface area contributed by atoms with Gasteiger partial charge in [-0.15, -0.1) is 0 Å². The average molecular weight is 240 g/mol. The molecule has 1 saturated carbocycles. The van der Waals surface area contributed by atoms with Crippen LogP contribution in [0.4, 0.5) is 0 Å². The summed E-state index contributed by atoms with van der Waals surface area (Å²) < 4.78 is 0. The lowest BCUT2D eigenvalue weighted by atomic mass is 9.90. The summed E-state index contributed by atoms with van der Waals surface area (Å²) in [7, 11) is 0. The van der Waals surface area contributed by atoms with E-state index in [1.807, 2.05) is 0 Å². The van der Waals surface area contributed by atoms with Crippen molar-refractivity contribution in [3.63, 3.8) is 0 Å². The monoisotopic (exact) mass is 240 g/mol. The average Bonchev–Trinajstić information content (AvgIpc) is 2.33. The Labute approximate surface area is 106 Å². The molecule has 1 aliphatic carbocycles. The lowest BCUT2D eigenvalue weighted by Gasteiger charge is -2.30. The smallest absolute Gasteiger partial charge is 0.223 e. The molecule has 1 unspecified atom stereocenters. The minimum Gasteiger partial charge on any atom is -0.352 e. The fraction of sp³-hybridized carbons (Fsp3) is 0.929. The van der Waals surface area contributed by atoms with Crippen molar-refractivity contribution in [1.82, 2.24) is 5.32 Å². The van der Waals surface area contributed by atoms with E-state index in [0.29, 0.717) is 0 Å². The zero-order valence-corrected chi connectivity index (χ0v) is 11.4. The first-order chi connectivity index (χ1) is 8.19. The number of rotatable bonds is 6. The molecule has 0 heterocycles. The molecule has 0 spiro atoms. The Morgan fingerprint density at radius 2 is 2.06 bits per heavy atom. The third-order valence-corrected chi connectivity index (χ3v) is 3.92. The number of unbranched alkanes of at least 4 members (excludes halogenated alkanes) is 1. The second kappa shape index (κ2) is 7.70. The Hall–Kier alpha value is -0.570. The Morgan fingerprint density at radius 1 is 1.35 bits per heavy atom. The van der Waals surface area contributed by atoms with E-state index in [2.05, 4.69) is 19.2 Å². The van der Waals surface area contributed by atoms with Crippen LogP contribution in [-0.4, -0.2) is 18.0 Å². The van der Waals surface area contributed by atoms with Gasteiger partial charge in [0.05, 0.1) is 0 Å². The molecule has 1 rings (SSSR count).